The normalized spacial score (nSPS) is 19.1. The Bertz CT molecular complexity index is 1500. The summed E-state index contributed by atoms with van der Waals surface area (Å²) < 4.78 is 20.9. The first kappa shape index (κ1) is 23.4. The molecule has 0 fully saturated rings. The summed E-state index contributed by atoms with van der Waals surface area (Å²) in [6.07, 6.45) is -0.00107. The second-order valence-corrected chi connectivity index (χ2v) is 9.09. The number of benzene rings is 1. The molecule has 1 aromatic carbocycles. The number of nitrogens with zero attached hydrogens (tertiary/aromatic N) is 2. The van der Waals surface area contributed by atoms with E-state index in [4.69, 9.17) is 16.3 Å². The van der Waals surface area contributed by atoms with Crippen LogP contribution in [0.25, 0.3) is 22.3 Å². The number of hydrogen-bond donors (Lipinski definition) is 3. The van der Waals surface area contributed by atoms with Crippen LogP contribution in [0.3, 0.4) is 0 Å². The van der Waals surface area contributed by atoms with Crippen molar-refractivity contribution >= 4 is 34.4 Å². The highest BCUT2D eigenvalue weighted by atomic mass is 35.5. The molecule has 2 aliphatic heterocycles. The van der Waals surface area contributed by atoms with Crippen molar-refractivity contribution in [2.24, 2.45) is 0 Å². The van der Waals surface area contributed by atoms with Gasteiger partial charge in [-0.05, 0) is 31.0 Å². The van der Waals surface area contributed by atoms with Gasteiger partial charge in [0.15, 0.2) is 5.60 Å². The first-order chi connectivity index (χ1) is 16.6. The zero-order chi connectivity index (χ0) is 25.2. The Kier molecular flexibility index (Phi) is 5.42. The molecule has 0 aliphatic carbocycles. The molecule has 0 unspecified atom stereocenters. The summed E-state index contributed by atoms with van der Waals surface area (Å²) in [5.74, 6) is -2.14. The van der Waals surface area contributed by atoms with Gasteiger partial charge in [-0.2, -0.15) is 0 Å². The Morgan fingerprint density at radius 3 is 2.77 bits per heavy atom. The molecule has 2 aliphatic rings. The summed E-state index contributed by atoms with van der Waals surface area (Å²) in [6, 6.07) is 3.49. The van der Waals surface area contributed by atoms with E-state index in [0.717, 1.165) is 0 Å². The van der Waals surface area contributed by atoms with Gasteiger partial charge in [0.05, 0.1) is 40.1 Å². The zero-order valence-electron chi connectivity index (χ0n) is 18.8. The number of aliphatic hydroxyl groups excluding tert-OH is 1. The second kappa shape index (κ2) is 8.11. The lowest BCUT2D eigenvalue weighted by Gasteiger charge is -2.31. The van der Waals surface area contributed by atoms with Gasteiger partial charge < -0.3 is 24.8 Å². The Morgan fingerprint density at radius 1 is 1.34 bits per heavy atom. The van der Waals surface area contributed by atoms with Gasteiger partial charge in [0, 0.05) is 22.6 Å². The van der Waals surface area contributed by atoms with Crippen LogP contribution in [0.5, 0.6) is 0 Å². The lowest BCUT2D eigenvalue weighted by Crippen LogP contribution is -2.44. The van der Waals surface area contributed by atoms with E-state index in [2.05, 4.69) is 10.3 Å². The molecule has 0 radical (unpaired) electrons. The molecular weight excluding hydrogens is 481 g/mol. The summed E-state index contributed by atoms with van der Waals surface area (Å²) in [6.45, 7) is 2.40. The number of amides is 1. The molecule has 35 heavy (non-hydrogen) atoms. The number of pyridine rings is 2. The summed E-state index contributed by atoms with van der Waals surface area (Å²) in [5, 5.41) is 23.3. The molecular formula is C24H21ClFN3O6. The van der Waals surface area contributed by atoms with Crippen LogP contribution in [-0.2, 0) is 33.1 Å². The quantitative estimate of drug-likeness (QED) is 0.365. The molecule has 4 heterocycles. The van der Waals surface area contributed by atoms with Gasteiger partial charge in [-0.15, -0.1) is 0 Å². The molecule has 1 amide bonds. The third kappa shape index (κ3) is 3.35. The Morgan fingerprint density at radius 2 is 2.09 bits per heavy atom. The number of aromatic nitrogens is 2. The minimum Gasteiger partial charge on any atom is -0.458 e. The van der Waals surface area contributed by atoms with Crippen LogP contribution in [0.2, 0.25) is 5.02 Å². The number of cyclic esters (lactones) is 1. The fourth-order valence-electron chi connectivity index (χ4n) is 4.96. The van der Waals surface area contributed by atoms with Crippen molar-refractivity contribution in [2.75, 3.05) is 6.61 Å². The van der Waals surface area contributed by atoms with E-state index in [9.17, 15) is 29.0 Å². The average molecular weight is 502 g/mol. The summed E-state index contributed by atoms with van der Waals surface area (Å²) in [7, 11) is 0. The highest BCUT2D eigenvalue weighted by Crippen LogP contribution is 2.42. The van der Waals surface area contributed by atoms with E-state index in [1.807, 2.05) is 0 Å². The van der Waals surface area contributed by atoms with Crippen molar-refractivity contribution in [3.8, 4) is 11.4 Å². The maximum absolute atomic E-state index is 14.4. The number of rotatable bonds is 4. The van der Waals surface area contributed by atoms with Gasteiger partial charge in [-0.1, -0.05) is 18.5 Å². The first-order valence-corrected chi connectivity index (χ1v) is 11.4. The number of nitrogens with one attached hydrogen (secondary N) is 1. The number of carbonyl (C=O) groups is 2. The molecule has 2 aromatic heterocycles. The molecule has 0 spiro atoms. The number of fused-ring (bicyclic) bond motifs is 5. The molecule has 0 bridgehead atoms. The summed E-state index contributed by atoms with van der Waals surface area (Å²) >= 11 is 6.05. The largest absolute Gasteiger partial charge is 0.458 e. The third-order valence-corrected chi connectivity index (χ3v) is 7.02. The predicted octanol–water partition coefficient (Wildman–Crippen LogP) is 2.04. The Hall–Kier alpha value is -3.34. The van der Waals surface area contributed by atoms with E-state index >= 15 is 0 Å². The number of esters is 1. The van der Waals surface area contributed by atoms with Crippen LogP contribution in [0.4, 0.5) is 4.39 Å². The molecule has 5 rings (SSSR count). The molecule has 3 N–H and O–H groups in total. The molecule has 2 atom stereocenters. The van der Waals surface area contributed by atoms with Gasteiger partial charge in [0.2, 0.25) is 5.91 Å². The highest BCUT2D eigenvalue weighted by Gasteiger charge is 2.45. The fourth-order valence-corrected chi connectivity index (χ4v) is 5.12. The standard InChI is InChI=1S/C24H21ClFN3O6/c1-3-24(34)14-5-18-21-12(7-29(18)22(32)13(14)9-35-23(24)33)20(10(2)27-19(31)8-30)11-4-15(25)16(26)6-17(11)28-21/h4-6,10,30,34H,3,7-9H2,1-2H3,(H,27,31)/t10-,24+/m1/s1. The van der Waals surface area contributed by atoms with Gasteiger partial charge in [-0.3, -0.25) is 9.59 Å². The van der Waals surface area contributed by atoms with Crippen molar-refractivity contribution in [1.29, 1.82) is 0 Å². The monoisotopic (exact) mass is 501 g/mol. The summed E-state index contributed by atoms with van der Waals surface area (Å²) in [5.41, 5.74) is 0.0228. The van der Waals surface area contributed by atoms with Gasteiger partial charge in [0.25, 0.3) is 5.56 Å². The summed E-state index contributed by atoms with van der Waals surface area (Å²) in [4.78, 5) is 42.4. The molecule has 11 heteroatoms. The van der Waals surface area contributed by atoms with Crippen molar-refractivity contribution in [2.45, 2.75) is 45.1 Å². The zero-order valence-corrected chi connectivity index (χ0v) is 19.6. The predicted molar refractivity (Wildman–Crippen MR) is 123 cm³/mol. The third-order valence-electron chi connectivity index (χ3n) is 6.73. The second-order valence-electron chi connectivity index (χ2n) is 8.69. The fraction of sp³-hybridized carbons (Fsp3) is 0.333. The van der Waals surface area contributed by atoms with Crippen LogP contribution in [0.15, 0.2) is 23.0 Å². The average Bonchev–Trinajstić information content (AvgIpc) is 3.19. The number of ether oxygens (including phenoxy) is 1. The van der Waals surface area contributed by atoms with E-state index in [1.165, 1.54) is 16.7 Å². The Balaban J connectivity index is 1.81. The van der Waals surface area contributed by atoms with Crippen LogP contribution >= 0.6 is 11.6 Å². The maximum atomic E-state index is 14.4. The van der Waals surface area contributed by atoms with Crippen LogP contribution < -0.4 is 10.9 Å². The molecule has 182 valence electrons. The van der Waals surface area contributed by atoms with Gasteiger partial charge >= 0.3 is 5.97 Å². The number of carbonyl (C=O) groups excluding carboxylic acids is 2. The van der Waals surface area contributed by atoms with Gasteiger partial charge in [-0.25, -0.2) is 14.2 Å². The smallest absolute Gasteiger partial charge is 0.343 e. The van der Waals surface area contributed by atoms with Crippen LogP contribution in [0, 0.1) is 5.82 Å². The number of aliphatic hydroxyl groups is 2. The van der Waals surface area contributed by atoms with E-state index < -0.39 is 41.5 Å². The topological polar surface area (TPSA) is 131 Å². The highest BCUT2D eigenvalue weighted by molar-refractivity contribution is 6.31. The van der Waals surface area contributed by atoms with E-state index in [1.54, 1.807) is 19.9 Å². The lowest BCUT2D eigenvalue weighted by atomic mass is 9.86. The minimum absolute atomic E-state index is 0.00107. The lowest BCUT2D eigenvalue weighted by molar-refractivity contribution is -0.172. The SMILES string of the molecule is CC[C@@]1(O)C(=O)OCc2c1cc1n(c2=O)Cc2c-1nc1cc(F)c(Cl)cc1c2[C@@H](C)NC(=O)CO. The molecule has 9 nitrogen and oxygen atoms in total. The van der Waals surface area contributed by atoms with Crippen molar-refractivity contribution < 1.29 is 28.9 Å². The van der Waals surface area contributed by atoms with E-state index in [-0.39, 0.29) is 41.2 Å². The molecule has 0 saturated carbocycles. The molecule has 0 saturated heterocycles. The first-order valence-electron chi connectivity index (χ1n) is 11.0. The van der Waals surface area contributed by atoms with Crippen LogP contribution in [-0.4, -0.2) is 38.2 Å². The maximum Gasteiger partial charge on any atom is 0.343 e. The van der Waals surface area contributed by atoms with Gasteiger partial charge in [0.1, 0.15) is 19.0 Å². The molecule has 3 aromatic rings. The van der Waals surface area contributed by atoms with E-state index in [0.29, 0.717) is 27.9 Å². The number of hydrogen-bond acceptors (Lipinski definition) is 7. The Labute approximate surface area is 203 Å². The van der Waals surface area contributed by atoms with Crippen molar-refractivity contribution in [3.05, 3.63) is 61.6 Å². The van der Waals surface area contributed by atoms with Crippen LogP contribution in [0.1, 0.15) is 48.6 Å². The minimum atomic E-state index is -1.98. The number of halogens is 2. The van der Waals surface area contributed by atoms with Crippen molar-refractivity contribution in [1.82, 2.24) is 14.9 Å². The van der Waals surface area contributed by atoms with Crippen molar-refractivity contribution in [3.63, 3.8) is 0 Å².